The molecule has 1 unspecified atom stereocenters. The van der Waals surface area contributed by atoms with Crippen molar-refractivity contribution < 1.29 is 9.66 Å². The van der Waals surface area contributed by atoms with Crippen LogP contribution >= 0.6 is 0 Å². The van der Waals surface area contributed by atoms with E-state index in [1.54, 1.807) is 7.05 Å². The number of nitrogens with one attached hydrogen (secondary N) is 1. The number of nitro groups is 1. The number of nitrogens with zero attached hydrogens (tertiary/aromatic N) is 3. The van der Waals surface area contributed by atoms with Gasteiger partial charge in [-0.2, -0.15) is 0 Å². The normalized spacial score (nSPS) is 20.5. The van der Waals surface area contributed by atoms with Gasteiger partial charge in [0.15, 0.2) is 0 Å². The summed E-state index contributed by atoms with van der Waals surface area (Å²) in [6, 6.07) is 0. The molecule has 1 atom stereocenters. The first-order chi connectivity index (χ1) is 7.18. The summed E-state index contributed by atoms with van der Waals surface area (Å²) in [5.41, 5.74) is 0. The van der Waals surface area contributed by atoms with Crippen molar-refractivity contribution in [2.75, 3.05) is 13.1 Å². The molecule has 2 heterocycles. The molecular formula is C8H12N4O3. The fourth-order valence-electron chi connectivity index (χ4n) is 1.55. The van der Waals surface area contributed by atoms with Gasteiger partial charge in [0.1, 0.15) is 6.10 Å². The van der Waals surface area contributed by atoms with Gasteiger partial charge in [-0.25, -0.2) is 0 Å². The highest BCUT2D eigenvalue weighted by atomic mass is 16.6. The molecular weight excluding hydrogens is 200 g/mol. The average molecular weight is 212 g/mol. The monoisotopic (exact) mass is 212 g/mol. The minimum atomic E-state index is -0.530. The van der Waals surface area contributed by atoms with Crippen molar-refractivity contribution in [2.24, 2.45) is 7.05 Å². The molecule has 82 valence electrons. The van der Waals surface area contributed by atoms with E-state index in [9.17, 15) is 10.1 Å². The lowest BCUT2D eigenvalue weighted by molar-refractivity contribution is -0.390. The molecule has 0 aromatic carbocycles. The Morgan fingerprint density at radius 1 is 1.80 bits per heavy atom. The summed E-state index contributed by atoms with van der Waals surface area (Å²) in [4.78, 5) is 13.8. The maximum atomic E-state index is 10.6. The zero-order valence-electron chi connectivity index (χ0n) is 8.34. The van der Waals surface area contributed by atoms with E-state index < -0.39 is 4.92 Å². The van der Waals surface area contributed by atoms with Crippen molar-refractivity contribution in [3.05, 3.63) is 16.4 Å². The third-order valence-corrected chi connectivity index (χ3v) is 2.33. The van der Waals surface area contributed by atoms with E-state index in [-0.39, 0.29) is 17.8 Å². The second-order valence-electron chi connectivity index (χ2n) is 3.47. The summed E-state index contributed by atoms with van der Waals surface area (Å²) >= 11 is 0. The van der Waals surface area contributed by atoms with Crippen LogP contribution in [0, 0.1) is 10.1 Å². The minimum absolute atomic E-state index is 0.000833. The number of hydrogen-bond donors (Lipinski definition) is 1. The molecule has 7 heteroatoms. The molecule has 0 saturated carbocycles. The second kappa shape index (κ2) is 3.85. The van der Waals surface area contributed by atoms with E-state index in [0.717, 1.165) is 19.5 Å². The summed E-state index contributed by atoms with van der Waals surface area (Å²) in [6.07, 6.45) is 2.25. The Bertz CT molecular complexity index is 370. The molecule has 0 bridgehead atoms. The summed E-state index contributed by atoms with van der Waals surface area (Å²) in [5, 5.41) is 13.8. The second-order valence-corrected chi connectivity index (χ2v) is 3.47. The Balaban J connectivity index is 2.18. The first kappa shape index (κ1) is 9.91. The average Bonchev–Trinajstić information content (AvgIpc) is 2.78. The van der Waals surface area contributed by atoms with Crippen LogP contribution in [0.25, 0.3) is 0 Å². The lowest BCUT2D eigenvalue weighted by Gasteiger charge is -2.11. The molecule has 7 nitrogen and oxygen atoms in total. The van der Waals surface area contributed by atoms with Gasteiger partial charge in [0.25, 0.3) is 5.88 Å². The lowest BCUT2D eigenvalue weighted by Crippen LogP contribution is -2.21. The smallest absolute Gasteiger partial charge is 0.426 e. The minimum Gasteiger partial charge on any atom is -0.468 e. The van der Waals surface area contributed by atoms with Crippen LogP contribution < -0.4 is 10.1 Å². The summed E-state index contributed by atoms with van der Waals surface area (Å²) < 4.78 is 7.06. The predicted octanol–water partition coefficient (Wildman–Crippen LogP) is 0.0690. The van der Waals surface area contributed by atoms with Gasteiger partial charge >= 0.3 is 5.82 Å². The molecule has 2 rings (SSSR count). The van der Waals surface area contributed by atoms with Crippen LogP contribution in [0.5, 0.6) is 5.88 Å². The van der Waals surface area contributed by atoms with Crippen molar-refractivity contribution in [3.63, 3.8) is 0 Å². The maximum Gasteiger partial charge on any atom is 0.426 e. The van der Waals surface area contributed by atoms with E-state index in [1.165, 1.54) is 10.9 Å². The van der Waals surface area contributed by atoms with Crippen LogP contribution in [-0.4, -0.2) is 33.7 Å². The molecule has 15 heavy (non-hydrogen) atoms. The summed E-state index contributed by atoms with van der Waals surface area (Å²) in [6.45, 7) is 1.61. The van der Waals surface area contributed by atoms with Crippen LogP contribution in [0.4, 0.5) is 5.82 Å². The number of rotatable bonds is 3. The first-order valence-electron chi connectivity index (χ1n) is 4.71. The topological polar surface area (TPSA) is 82.2 Å². The van der Waals surface area contributed by atoms with Crippen LogP contribution in [0.2, 0.25) is 0 Å². The summed E-state index contributed by atoms with van der Waals surface area (Å²) in [5.74, 6) is 0.0121. The van der Waals surface area contributed by atoms with Gasteiger partial charge < -0.3 is 20.2 Å². The van der Waals surface area contributed by atoms with Gasteiger partial charge in [-0.05, 0) is 22.9 Å². The van der Waals surface area contributed by atoms with Gasteiger partial charge in [0.2, 0.25) is 6.33 Å². The van der Waals surface area contributed by atoms with Gasteiger partial charge in [-0.15, -0.1) is 0 Å². The SMILES string of the molecule is Cn1cnc([N+](=O)[O-])c1OC1CCNC1. The Hall–Kier alpha value is -1.63. The molecule has 0 spiro atoms. The van der Waals surface area contributed by atoms with Crippen molar-refractivity contribution in [2.45, 2.75) is 12.5 Å². The predicted molar refractivity (Wildman–Crippen MR) is 51.8 cm³/mol. The van der Waals surface area contributed by atoms with Crippen LogP contribution in [0.1, 0.15) is 6.42 Å². The summed E-state index contributed by atoms with van der Waals surface area (Å²) in [7, 11) is 1.68. The molecule has 1 aliphatic heterocycles. The van der Waals surface area contributed by atoms with E-state index in [2.05, 4.69) is 10.3 Å². The van der Waals surface area contributed by atoms with E-state index in [1.807, 2.05) is 0 Å². The van der Waals surface area contributed by atoms with Crippen molar-refractivity contribution in [1.82, 2.24) is 14.9 Å². The Morgan fingerprint density at radius 2 is 2.60 bits per heavy atom. The van der Waals surface area contributed by atoms with Crippen LogP contribution in [-0.2, 0) is 7.05 Å². The van der Waals surface area contributed by atoms with Crippen LogP contribution in [0.15, 0.2) is 6.33 Å². The Morgan fingerprint density at radius 3 is 3.20 bits per heavy atom. The first-order valence-corrected chi connectivity index (χ1v) is 4.71. The van der Waals surface area contributed by atoms with Gasteiger partial charge in [0, 0.05) is 13.6 Å². The third kappa shape index (κ3) is 1.91. The number of aromatic nitrogens is 2. The van der Waals surface area contributed by atoms with Crippen LogP contribution in [0.3, 0.4) is 0 Å². The molecule has 1 aromatic rings. The maximum absolute atomic E-state index is 10.6. The van der Waals surface area contributed by atoms with Gasteiger partial charge in [0.05, 0.1) is 0 Å². The van der Waals surface area contributed by atoms with Gasteiger partial charge in [-0.1, -0.05) is 0 Å². The van der Waals surface area contributed by atoms with Gasteiger partial charge in [-0.3, -0.25) is 4.57 Å². The molecule has 1 saturated heterocycles. The van der Waals surface area contributed by atoms with E-state index in [4.69, 9.17) is 4.74 Å². The zero-order valence-corrected chi connectivity index (χ0v) is 8.34. The molecule has 1 fully saturated rings. The van der Waals surface area contributed by atoms with Crippen molar-refractivity contribution >= 4 is 5.82 Å². The quantitative estimate of drug-likeness (QED) is 0.566. The molecule has 1 aromatic heterocycles. The third-order valence-electron chi connectivity index (χ3n) is 2.33. The van der Waals surface area contributed by atoms with Crippen molar-refractivity contribution in [3.8, 4) is 5.88 Å². The lowest BCUT2D eigenvalue weighted by atomic mass is 10.3. The number of hydrogen-bond acceptors (Lipinski definition) is 5. The number of imidazole rings is 1. The highest BCUT2D eigenvalue weighted by molar-refractivity contribution is 5.33. The Labute approximate surface area is 86.2 Å². The fourth-order valence-corrected chi connectivity index (χ4v) is 1.55. The molecule has 0 aliphatic carbocycles. The molecule has 1 N–H and O–H groups in total. The Kier molecular flexibility index (Phi) is 2.55. The van der Waals surface area contributed by atoms with Crippen molar-refractivity contribution in [1.29, 1.82) is 0 Å². The number of ether oxygens (including phenoxy) is 1. The highest BCUT2D eigenvalue weighted by Gasteiger charge is 2.26. The zero-order chi connectivity index (χ0) is 10.8. The molecule has 0 amide bonds. The van der Waals surface area contributed by atoms with E-state index >= 15 is 0 Å². The largest absolute Gasteiger partial charge is 0.468 e. The molecule has 0 radical (unpaired) electrons. The fraction of sp³-hybridized carbons (Fsp3) is 0.625. The standard InChI is InChI=1S/C8H12N4O3/c1-11-5-10-7(12(13)14)8(11)15-6-2-3-9-4-6/h5-6,9H,2-4H2,1H3. The highest BCUT2D eigenvalue weighted by Crippen LogP contribution is 2.25. The van der Waals surface area contributed by atoms with E-state index in [0.29, 0.717) is 0 Å². The number of aryl methyl sites for hydroxylation is 1. The molecule has 1 aliphatic rings.